The smallest absolute Gasteiger partial charge is 0.149 e. The van der Waals surface area contributed by atoms with Crippen LogP contribution < -0.4 is 15.0 Å². The summed E-state index contributed by atoms with van der Waals surface area (Å²) in [6.45, 7) is 3.46. The Labute approximate surface area is 211 Å². The number of hydrogen-bond acceptors (Lipinski definition) is 6. The van der Waals surface area contributed by atoms with Crippen LogP contribution in [-0.4, -0.2) is 29.2 Å². The molecule has 0 atom stereocenters. The molecule has 7 heteroatoms. The highest BCUT2D eigenvalue weighted by molar-refractivity contribution is 7.12. The van der Waals surface area contributed by atoms with E-state index in [1.807, 2.05) is 28.9 Å². The molecule has 3 aromatic rings. The van der Waals surface area contributed by atoms with Gasteiger partial charge in [-0.25, -0.2) is 4.98 Å². The summed E-state index contributed by atoms with van der Waals surface area (Å²) in [5.74, 6) is 2.24. The molecule has 2 aromatic carbocycles. The summed E-state index contributed by atoms with van der Waals surface area (Å²) in [4.78, 5) is 6.47. The van der Waals surface area contributed by atoms with Crippen LogP contribution in [0, 0.1) is 5.41 Å². The molecule has 186 valence electrons. The van der Waals surface area contributed by atoms with Gasteiger partial charge in [-0.3, -0.25) is 16.1 Å². The minimum Gasteiger partial charge on any atom is -0.494 e. The van der Waals surface area contributed by atoms with E-state index >= 15 is 0 Å². The lowest BCUT2D eigenvalue weighted by molar-refractivity contribution is 0.234. The average molecular weight is 494 g/mol. The molecule has 0 bridgehead atoms. The number of nitrogens with one attached hydrogen (secondary N) is 2. The van der Waals surface area contributed by atoms with Crippen LogP contribution in [0.3, 0.4) is 0 Å². The van der Waals surface area contributed by atoms with Crippen molar-refractivity contribution < 1.29 is 14.7 Å². The summed E-state index contributed by atoms with van der Waals surface area (Å²) in [7, 11) is 0. The SMILES string of the molecule is CCc1sc(C2CCCCC2)nc1-c1ccc(OCCCCOc2ccc(C(=N)NO)cc2)cc1. The second-order valence-electron chi connectivity index (χ2n) is 8.95. The third-order valence-corrected chi connectivity index (χ3v) is 7.81. The Bertz CT molecular complexity index is 1070. The Morgan fingerprint density at radius 1 is 0.971 bits per heavy atom. The molecular weight excluding hydrogens is 458 g/mol. The maximum atomic E-state index is 8.78. The Balaban J connectivity index is 1.21. The summed E-state index contributed by atoms with van der Waals surface area (Å²) >= 11 is 1.91. The predicted molar refractivity (Wildman–Crippen MR) is 141 cm³/mol. The van der Waals surface area contributed by atoms with Crippen molar-refractivity contribution in [3.8, 4) is 22.8 Å². The van der Waals surface area contributed by atoms with Crippen LogP contribution in [-0.2, 0) is 6.42 Å². The zero-order valence-corrected chi connectivity index (χ0v) is 21.2. The fraction of sp³-hybridized carbons (Fsp3) is 0.429. The van der Waals surface area contributed by atoms with Gasteiger partial charge in [0.05, 0.1) is 23.9 Å². The maximum Gasteiger partial charge on any atom is 0.149 e. The number of nitrogens with zero attached hydrogens (tertiary/aromatic N) is 1. The third-order valence-electron chi connectivity index (χ3n) is 6.45. The van der Waals surface area contributed by atoms with Gasteiger partial charge < -0.3 is 9.47 Å². The van der Waals surface area contributed by atoms with Crippen LogP contribution in [0.1, 0.15) is 73.2 Å². The molecule has 1 saturated carbocycles. The minimum atomic E-state index is -0.0386. The van der Waals surface area contributed by atoms with E-state index < -0.39 is 0 Å². The zero-order valence-electron chi connectivity index (χ0n) is 20.4. The number of aromatic nitrogens is 1. The quantitative estimate of drug-likeness (QED) is 0.116. The summed E-state index contributed by atoms with van der Waals surface area (Å²) in [5, 5.41) is 17.6. The number of rotatable bonds is 11. The molecule has 35 heavy (non-hydrogen) atoms. The maximum absolute atomic E-state index is 8.78. The molecule has 1 fully saturated rings. The van der Waals surface area contributed by atoms with E-state index in [1.54, 1.807) is 24.3 Å². The van der Waals surface area contributed by atoms with Crippen LogP contribution in [0.5, 0.6) is 11.5 Å². The highest BCUT2D eigenvalue weighted by Gasteiger charge is 2.21. The number of thiazole rings is 1. The van der Waals surface area contributed by atoms with Gasteiger partial charge in [-0.05, 0) is 80.6 Å². The standard InChI is InChI=1S/C28H35N3O3S/c1-2-25-26(30-28(35-25)22-8-4-3-5-9-22)20-10-14-23(15-11-20)33-18-6-7-19-34-24-16-12-21(13-17-24)27(29)31-32/h10-17,22,32H,2-9,18-19H2,1H3,(H2,29,31). The first-order valence-electron chi connectivity index (χ1n) is 12.6. The Kier molecular flexibility index (Phi) is 9.15. The van der Waals surface area contributed by atoms with Crippen LogP contribution in [0.2, 0.25) is 0 Å². The van der Waals surface area contributed by atoms with E-state index in [9.17, 15) is 0 Å². The fourth-order valence-electron chi connectivity index (χ4n) is 4.43. The molecule has 0 radical (unpaired) electrons. The van der Waals surface area contributed by atoms with Gasteiger partial charge >= 0.3 is 0 Å². The molecular formula is C28H35N3O3S. The second kappa shape index (κ2) is 12.7. The summed E-state index contributed by atoms with van der Waals surface area (Å²) in [6, 6.07) is 15.4. The molecule has 0 spiro atoms. The van der Waals surface area contributed by atoms with Crippen LogP contribution in [0.25, 0.3) is 11.3 Å². The van der Waals surface area contributed by atoms with E-state index in [0.29, 0.717) is 24.7 Å². The van der Waals surface area contributed by atoms with Gasteiger partial charge in [0.15, 0.2) is 0 Å². The Morgan fingerprint density at radius 3 is 2.14 bits per heavy atom. The van der Waals surface area contributed by atoms with Crippen molar-refractivity contribution in [3.63, 3.8) is 0 Å². The van der Waals surface area contributed by atoms with Crippen molar-refractivity contribution in [3.05, 3.63) is 64.0 Å². The van der Waals surface area contributed by atoms with Gasteiger partial charge in [-0.1, -0.05) is 26.2 Å². The van der Waals surface area contributed by atoms with Crippen LogP contribution in [0.15, 0.2) is 48.5 Å². The Morgan fingerprint density at radius 2 is 1.57 bits per heavy atom. The molecule has 0 amide bonds. The molecule has 6 nitrogen and oxygen atoms in total. The fourth-order valence-corrected chi connectivity index (χ4v) is 5.63. The van der Waals surface area contributed by atoms with Crippen molar-refractivity contribution in [2.24, 2.45) is 0 Å². The van der Waals surface area contributed by atoms with E-state index in [4.69, 9.17) is 25.1 Å². The van der Waals surface area contributed by atoms with Gasteiger partial charge in [0, 0.05) is 21.9 Å². The third kappa shape index (κ3) is 6.83. The summed E-state index contributed by atoms with van der Waals surface area (Å²) < 4.78 is 11.7. The van der Waals surface area contributed by atoms with Gasteiger partial charge in [-0.15, -0.1) is 11.3 Å². The number of ether oxygens (including phenoxy) is 2. The van der Waals surface area contributed by atoms with Crippen molar-refractivity contribution >= 4 is 17.2 Å². The largest absolute Gasteiger partial charge is 0.494 e. The molecule has 1 aliphatic rings. The van der Waals surface area contributed by atoms with Gasteiger partial charge in [0.25, 0.3) is 0 Å². The van der Waals surface area contributed by atoms with Crippen LogP contribution in [0.4, 0.5) is 0 Å². The Hall–Kier alpha value is -2.90. The first kappa shape index (κ1) is 25.2. The highest BCUT2D eigenvalue weighted by Crippen LogP contribution is 2.39. The molecule has 4 rings (SSSR count). The predicted octanol–water partition coefficient (Wildman–Crippen LogP) is 6.96. The second-order valence-corrected chi connectivity index (χ2v) is 10.1. The first-order chi connectivity index (χ1) is 17.2. The number of aryl methyl sites for hydroxylation is 1. The number of benzene rings is 2. The minimum absolute atomic E-state index is 0.0386. The molecule has 1 heterocycles. The van der Waals surface area contributed by atoms with Crippen LogP contribution >= 0.6 is 11.3 Å². The summed E-state index contributed by atoms with van der Waals surface area (Å²) in [6.07, 6.45) is 9.42. The molecule has 0 aliphatic heterocycles. The number of hydroxylamine groups is 1. The number of hydrogen-bond donors (Lipinski definition) is 3. The molecule has 1 aliphatic carbocycles. The van der Waals surface area contributed by atoms with E-state index in [-0.39, 0.29) is 5.84 Å². The highest BCUT2D eigenvalue weighted by atomic mass is 32.1. The van der Waals surface area contributed by atoms with Crippen molar-refractivity contribution in [2.75, 3.05) is 13.2 Å². The summed E-state index contributed by atoms with van der Waals surface area (Å²) in [5.41, 5.74) is 4.77. The number of unbranched alkanes of at least 4 members (excludes halogenated alkanes) is 1. The molecule has 1 aromatic heterocycles. The molecule has 0 saturated heterocycles. The molecule has 0 unspecified atom stereocenters. The van der Waals surface area contributed by atoms with E-state index in [0.717, 1.165) is 36.5 Å². The first-order valence-corrected chi connectivity index (χ1v) is 13.4. The van der Waals surface area contributed by atoms with Gasteiger partial charge in [0.2, 0.25) is 0 Å². The van der Waals surface area contributed by atoms with Crippen molar-refractivity contribution in [1.82, 2.24) is 10.5 Å². The number of amidine groups is 1. The lowest BCUT2D eigenvalue weighted by Gasteiger charge is -2.18. The van der Waals surface area contributed by atoms with Crippen molar-refractivity contribution in [1.29, 1.82) is 5.41 Å². The molecule has 3 N–H and O–H groups in total. The van der Waals surface area contributed by atoms with E-state index in [2.05, 4.69) is 19.1 Å². The normalized spacial score (nSPS) is 14.0. The lowest BCUT2D eigenvalue weighted by Crippen LogP contribution is -2.18. The average Bonchev–Trinajstić information content (AvgIpc) is 3.36. The lowest BCUT2D eigenvalue weighted by atomic mass is 9.90. The van der Waals surface area contributed by atoms with Crippen molar-refractivity contribution in [2.45, 2.75) is 64.2 Å². The van der Waals surface area contributed by atoms with Gasteiger partial charge in [-0.2, -0.15) is 0 Å². The van der Waals surface area contributed by atoms with E-state index in [1.165, 1.54) is 47.6 Å². The monoisotopic (exact) mass is 493 g/mol. The topological polar surface area (TPSA) is 87.5 Å². The van der Waals surface area contributed by atoms with Gasteiger partial charge in [0.1, 0.15) is 17.3 Å². The zero-order chi connectivity index (χ0) is 24.5.